The van der Waals surface area contributed by atoms with Crippen LogP contribution in [-0.2, 0) is 6.54 Å². The van der Waals surface area contributed by atoms with E-state index in [0.717, 1.165) is 12.5 Å². The van der Waals surface area contributed by atoms with Crippen molar-refractivity contribution in [2.75, 3.05) is 0 Å². The Hall–Kier alpha value is -0.790. The van der Waals surface area contributed by atoms with Crippen LogP contribution in [0.5, 0.6) is 0 Å². The van der Waals surface area contributed by atoms with Crippen molar-refractivity contribution < 1.29 is 0 Å². The van der Waals surface area contributed by atoms with Gasteiger partial charge in [-0.2, -0.15) is 0 Å². The molecule has 0 saturated heterocycles. The van der Waals surface area contributed by atoms with Gasteiger partial charge in [-0.05, 0) is 12.3 Å². The van der Waals surface area contributed by atoms with Crippen LogP contribution in [0.15, 0.2) is 18.7 Å². The van der Waals surface area contributed by atoms with Crippen LogP contribution in [-0.4, -0.2) is 9.55 Å². The van der Waals surface area contributed by atoms with Crippen LogP contribution in [0.4, 0.5) is 0 Å². The van der Waals surface area contributed by atoms with E-state index in [1.807, 2.05) is 32.6 Å². The number of hydrogen-bond donors (Lipinski definition) is 0. The highest BCUT2D eigenvalue weighted by molar-refractivity contribution is 4.73. The Labute approximate surface area is 88.4 Å². The van der Waals surface area contributed by atoms with Gasteiger partial charge >= 0.3 is 0 Å². The fourth-order valence-electron chi connectivity index (χ4n) is 1.27. The van der Waals surface area contributed by atoms with Gasteiger partial charge < -0.3 is 4.57 Å². The van der Waals surface area contributed by atoms with Gasteiger partial charge in [-0.3, -0.25) is 0 Å². The van der Waals surface area contributed by atoms with Gasteiger partial charge in [-0.15, -0.1) is 0 Å². The number of nitrogens with zero attached hydrogens (tertiary/aromatic N) is 2. The molecule has 1 aromatic heterocycles. The first-order valence-electron chi connectivity index (χ1n) is 5.75. The molecule has 0 aliphatic rings. The summed E-state index contributed by atoms with van der Waals surface area (Å²) in [5.74, 6) is 0.841. The molecule has 82 valence electrons. The van der Waals surface area contributed by atoms with Crippen LogP contribution < -0.4 is 0 Å². The summed E-state index contributed by atoms with van der Waals surface area (Å²) in [6.45, 7) is 9.67. The third kappa shape index (κ3) is 6.70. The van der Waals surface area contributed by atoms with E-state index in [1.165, 1.54) is 19.3 Å². The van der Waals surface area contributed by atoms with E-state index >= 15 is 0 Å². The number of rotatable bonds is 5. The zero-order valence-electron chi connectivity index (χ0n) is 10.0. The Morgan fingerprint density at radius 3 is 2.43 bits per heavy atom. The molecule has 2 nitrogen and oxygen atoms in total. The molecule has 0 unspecified atom stereocenters. The number of aromatic nitrogens is 2. The third-order valence-electron chi connectivity index (χ3n) is 2.01. The molecule has 0 saturated carbocycles. The van der Waals surface area contributed by atoms with Crippen molar-refractivity contribution >= 4 is 0 Å². The lowest BCUT2D eigenvalue weighted by atomic mass is 10.1. The van der Waals surface area contributed by atoms with Crippen LogP contribution in [0, 0.1) is 5.92 Å². The molecule has 0 N–H and O–H groups in total. The predicted molar refractivity (Wildman–Crippen MR) is 62.3 cm³/mol. The molecule has 14 heavy (non-hydrogen) atoms. The molecule has 1 aromatic rings. The van der Waals surface area contributed by atoms with Crippen molar-refractivity contribution in [3.8, 4) is 0 Å². The van der Waals surface area contributed by atoms with Gasteiger partial charge in [-0.1, -0.05) is 40.5 Å². The van der Waals surface area contributed by atoms with E-state index in [9.17, 15) is 0 Å². The molecule has 1 rings (SSSR count). The summed E-state index contributed by atoms with van der Waals surface area (Å²) in [6.07, 6.45) is 9.69. The van der Waals surface area contributed by atoms with Crippen molar-refractivity contribution in [2.45, 2.75) is 53.5 Å². The molecule has 0 fully saturated rings. The lowest BCUT2D eigenvalue weighted by Crippen LogP contribution is -1.95. The molecule has 0 bridgehead atoms. The summed E-state index contributed by atoms with van der Waals surface area (Å²) in [5.41, 5.74) is 0. The van der Waals surface area contributed by atoms with E-state index in [2.05, 4.69) is 23.4 Å². The standard InChI is InChI=1S/C10H18N2.C2H6/c1-10(2)5-3-4-7-12-8-6-11-9-12;1-2/h6,8-10H,3-5,7H2,1-2H3;1-2H3. The van der Waals surface area contributed by atoms with Gasteiger partial charge in [0, 0.05) is 18.9 Å². The molecule has 0 aromatic carbocycles. The van der Waals surface area contributed by atoms with E-state index in [0.29, 0.717) is 0 Å². The van der Waals surface area contributed by atoms with E-state index in [4.69, 9.17) is 0 Å². The average Bonchev–Trinajstić information content (AvgIpc) is 2.68. The summed E-state index contributed by atoms with van der Waals surface area (Å²) in [4.78, 5) is 4.00. The Kier molecular flexibility index (Phi) is 8.30. The van der Waals surface area contributed by atoms with E-state index in [1.54, 1.807) is 0 Å². The zero-order chi connectivity index (χ0) is 10.8. The average molecular weight is 196 g/mol. The maximum Gasteiger partial charge on any atom is 0.0945 e. The maximum atomic E-state index is 4.00. The largest absolute Gasteiger partial charge is 0.337 e. The van der Waals surface area contributed by atoms with Crippen LogP contribution in [0.3, 0.4) is 0 Å². The molecule has 0 radical (unpaired) electrons. The highest BCUT2D eigenvalue weighted by Gasteiger charge is 1.94. The molecule has 2 heteroatoms. The summed E-state index contributed by atoms with van der Waals surface area (Å²) >= 11 is 0. The zero-order valence-corrected chi connectivity index (χ0v) is 10.0. The second-order valence-electron chi connectivity index (χ2n) is 3.69. The Balaban J connectivity index is 0.000000791. The fraction of sp³-hybridized carbons (Fsp3) is 0.750. The number of imidazole rings is 1. The normalized spacial score (nSPS) is 9.79. The summed E-state index contributed by atoms with van der Waals surface area (Å²) in [6, 6.07) is 0. The number of aryl methyl sites for hydroxylation is 1. The summed E-state index contributed by atoms with van der Waals surface area (Å²) in [7, 11) is 0. The summed E-state index contributed by atoms with van der Waals surface area (Å²) in [5, 5.41) is 0. The molecule has 0 atom stereocenters. The first kappa shape index (κ1) is 13.2. The quantitative estimate of drug-likeness (QED) is 0.656. The van der Waals surface area contributed by atoms with E-state index < -0.39 is 0 Å². The molecule has 0 aliphatic carbocycles. The van der Waals surface area contributed by atoms with Gasteiger partial charge in [0.05, 0.1) is 6.33 Å². The van der Waals surface area contributed by atoms with Gasteiger partial charge in [-0.25, -0.2) is 4.98 Å². The SMILES string of the molecule is CC.CC(C)CCCCn1ccnc1. The molecular formula is C12H24N2. The number of hydrogen-bond acceptors (Lipinski definition) is 1. The van der Waals surface area contributed by atoms with Crippen LogP contribution in [0.25, 0.3) is 0 Å². The fourth-order valence-corrected chi connectivity index (χ4v) is 1.27. The van der Waals surface area contributed by atoms with Crippen LogP contribution >= 0.6 is 0 Å². The maximum absolute atomic E-state index is 4.00. The van der Waals surface area contributed by atoms with Gasteiger partial charge in [0.15, 0.2) is 0 Å². The molecule has 0 spiro atoms. The second kappa shape index (κ2) is 8.79. The lowest BCUT2D eigenvalue weighted by molar-refractivity contribution is 0.509. The third-order valence-corrected chi connectivity index (χ3v) is 2.01. The Morgan fingerprint density at radius 1 is 1.21 bits per heavy atom. The first-order chi connectivity index (χ1) is 6.79. The second-order valence-corrected chi connectivity index (χ2v) is 3.69. The summed E-state index contributed by atoms with van der Waals surface area (Å²) < 4.78 is 2.14. The van der Waals surface area contributed by atoms with Crippen molar-refractivity contribution in [2.24, 2.45) is 5.92 Å². The molecule has 0 aliphatic heterocycles. The van der Waals surface area contributed by atoms with Gasteiger partial charge in [0.2, 0.25) is 0 Å². The topological polar surface area (TPSA) is 17.8 Å². The minimum absolute atomic E-state index is 0.841. The number of unbranched alkanes of at least 4 members (excludes halogenated alkanes) is 1. The predicted octanol–water partition coefficient (Wildman–Crippen LogP) is 3.74. The highest BCUT2D eigenvalue weighted by atomic mass is 15.0. The Morgan fingerprint density at radius 2 is 1.93 bits per heavy atom. The van der Waals surface area contributed by atoms with Crippen LogP contribution in [0.1, 0.15) is 47.0 Å². The van der Waals surface area contributed by atoms with Gasteiger partial charge in [0.1, 0.15) is 0 Å². The monoisotopic (exact) mass is 196 g/mol. The minimum atomic E-state index is 0.841. The van der Waals surface area contributed by atoms with Crippen LogP contribution in [0.2, 0.25) is 0 Å². The van der Waals surface area contributed by atoms with E-state index in [-0.39, 0.29) is 0 Å². The molecular weight excluding hydrogens is 172 g/mol. The minimum Gasteiger partial charge on any atom is -0.337 e. The Bertz CT molecular complexity index is 190. The van der Waals surface area contributed by atoms with Crippen molar-refractivity contribution in [3.05, 3.63) is 18.7 Å². The first-order valence-corrected chi connectivity index (χ1v) is 5.75. The van der Waals surface area contributed by atoms with Crippen molar-refractivity contribution in [1.82, 2.24) is 9.55 Å². The molecule has 1 heterocycles. The highest BCUT2D eigenvalue weighted by Crippen LogP contribution is 2.06. The lowest BCUT2D eigenvalue weighted by Gasteiger charge is -2.04. The smallest absolute Gasteiger partial charge is 0.0945 e. The van der Waals surface area contributed by atoms with Crippen molar-refractivity contribution in [1.29, 1.82) is 0 Å². The van der Waals surface area contributed by atoms with Crippen molar-refractivity contribution in [3.63, 3.8) is 0 Å². The molecule has 0 amide bonds. The van der Waals surface area contributed by atoms with Gasteiger partial charge in [0.25, 0.3) is 0 Å².